The van der Waals surface area contributed by atoms with Gasteiger partial charge in [-0.3, -0.25) is 0 Å². The number of rotatable bonds is 7. The van der Waals surface area contributed by atoms with Crippen molar-refractivity contribution < 1.29 is 4.42 Å². The summed E-state index contributed by atoms with van der Waals surface area (Å²) in [7, 11) is 0. The van der Waals surface area contributed by atoms with Crippen LogP contribution in [0.1, 0.15) is 20.3 Å². The number of nitrogen functional groups attached to an aromatic ring is 1. The van der Waals surface area contributed by atoms with Crippen LogP contribution in [0, 0.1) is 3.57 Å². The number of anilines is 1. The van der Waals surface area contributed by atoms with Crippen LogP contribution in [0.4, 0.5) is 5.82 Å². The van der Waals surface area contributed by atoms with Gasteiger partial charge in [-0.2, -0.15) is 0 Å². The van der Waals surface area contributed by atoms with Crippen LogP contribution in [-0.2, 0) is 6.54 Å². The molecule has 0 aliphatic rings. The molecule has 0 atom stereocenters. The number of nitrogens with zero attached hydrogens (tertiary/aromatic N) is 4. The lowest BCUT2D eigenvalue weighted by molar-refractivity contribution is 0.525. The average Bonchev–Trinajstić information content (AvgIpc) is 3.24. The molecule has 1 aromatic carbocycles. The Hall–Kier alpha value is -1.85. The van der Waals surface area contributed by atoms with Crippen molar-refractivity contribution in [2.75, 3.05) is 12.3 Å². The maximum absolute atomic E-state index is 6.05. The van der Waals surface area contributed by atoms with Gasteiger partial charge in [0.2, 0.25) is 0 Å². The summed E-state index contributed by atoms with van der Waals surface area (Å²) in [6.07, 6.45) is 4.17. The zero-order valence-electron chi connectivity index (χ0n) is 15.6. The maximum Gasteiger partial charge on any atom is 0.175 e. The SMILES string of the molecule is CC(C)NCCCn1c(Sc2cc3occc3cc2I)nc2c(N)ncnc21. The second-order valence-corrected chi connectivity index (χ2v) is 8.95. The Balaban J connectivity index is 1.69. The van der Waals surface area contributed by atoms with Crippen molar-refractivity contribution in [1.29, 1.82) is 0 Å². The Labute approximate surface area is 180 Å². The third-order valence-electron chi connectivity index (χ3n) is 4.34. The van der Waals surface area contributed by atoms with Crippen molar-refractivity contribution in [3.63, 3.8) is 0 Å². The molecule has 146 valence electrons. The predicted molar refractivity (Wildman–Crippen MR) is 121 cm³/mol. The van der Waals surface area contributed by atoms with Crippen molar-refractivity contribution in [2.45, 2.75) is 42.9 Å². The molecule has 0 amide bonds. The molecule has 3 heterocycles. The van der Waals surface area contributed by atoms with E-state index in [0.29, 0.717) is 17.4 Å². The molecule has 4 aromatic rings. The molecule has 0 fully saturated rings. The first-order chi connectivity index (χ1) is 13.5. The third kappa shape index (κ3) is 3.96. The third-order valence-corrected chi connectivity index (χ3v) is 6.65. The van der Waals surface area contributed by atoms with E-state index in [-0.39, 0.29) is 0 Å². The lowest BCUT2D eigenvalue weighted by Gasteiger charge is -2.11. The van der Waals surface area contributed by atoms with E-state index in [4.69, 9.17) is 15.1 Å². The first-order valence-electron chi connectivity index (χ1n) is 9.07. The molecule has 3 aromatic heterocycles. The largest absolute Gasteiger partial charge is 0.464 e. The molecular weight excluding hydrogens is 487 g/mol. The zero-order chi connectivity index (χ0) is 19.7. The lowest BCUT2D eigenvalue weighted by Crippen LogP contribution is -2.24. The molecule has 0 saturated heterocycles. The molecule has 9 heteroatoms. The molecule has 0 radical (unpaired) electrons. The summed E-state index contributed by atoms with van der Waals surface area (Å²) in [4.78, 5) is 14.4. The zero-order valence-corrected chi connectivity index (χ0v) is 18.6. The molecule has 0 bridgehead atoms. The van der Waals surface area contributed by atoms with Crippen LogP contribution < -0.4 is 11.1 Å². The van der Waals surface area contributed by atoms with E-state index in [9.17, 15) is 0 Å². The fraction of sp³-hybridized carbons (Fsp3) is 0.316. The van der Waals surface area contributed by atoms with Crippen molar-refractivity contribution >= 4 is 62.3 Å². The van der Waals surface area contributed by atoms with Crippen molar-refractivity contribution in [2.24, 2.45) is 0 Å². The minimum Gasteiger partial charge on any atom is -0.464 e. The van der Waals surface area contributed by atoms with Gasteiger partial charge in [-0.1, -0.05) is 25.6 Å². The van der Waals surface area contributed by atoms with Gasteiger partial charge in [0.1, 0.15) is 11.9 Å². The number of nitrogens with one attached hydrogen (secondary N) is 1. The number of benzene rings is 1. The summed E-state index contributed by atoms with van der Waals surface area (Å²) in [5.41, 5.74) is 8.34. The summed E-state index contributed by atoms with van der Waals surface area (Å²) in [5, 5.41) is 5.40. The number of nitrogens with two attached hydrogens (primary N) is 1. The Bertz CT molecular complexity index is 1120. The number of furan rings is 1. The fourth-order valence-corrected chi connectivity index (χ4v) is 4.75. The number of aryl methyl sites for hydroxylation is 1. The monoisotopic (exact) mass is 508 g/mol. The fourth-order valence-electron chi connectivity index (χ4n) is 2.98. The second kappa shape index (κ2) is 8.26. The molecule has 3 N–H and O–H groups in total. The Morgan fingerprint density at radius 3 is 3.00 bits per heavy atom. The van der Waals surface area contributed by atoms with E-state index < -0.39 is 0 Å². The number of fused-ring (bicyclic) bond motifs is 2. The first kappa shape index (κ1) is 19.5. The minimum atomic E-state index is 0.405. The van der Waals surface area contributed by atoms with Crippen LogP contribution in [-0.4, -0.2) is 32.1 Å². The van der Waals surface area contributed by atoms with Gasteiger partial charge in [0, 0.05) is 26.4 Å². The lowest BCUT2D eigenvalue weighted by atomic mass is 10.3. The van der Waals surface area contributed by atoms with Gasteiger partial charge in [0.25, 0.3) is 0 Å². The van der Waals surface area contributed by atoms with E-state index in [2.05, 4.69) is 68.4 Å². The smallest absolute Gasteiger partial charge is 0.175 e. The van der Waals surface area contributed by atoms with Gasteiger partial charge in [-0.25, -0.2) is 15.0 Å². The number of hydrogen-bond acceptors (Lipinski definition) is 7. The van der Waals surface area contributed by atoms with Crippen LogP contribution in [0.3, 0.4) is 0 Å². The Morgan fingerprint density at radius 2 is 2.18 bits per heavy atom. The van der Waals surface area contributed by atoms with Gasteiger partial charge >= 0.3 is 0 Å². The van der Waals surface area contributed by atoms with Crippen molar-refractivity contribution in [1.82, 2.24) is 24.8 Å². The quantitative estimate of drug-likeness (QED) is 0.284. The van der Waals surface area contributed by atoms with Crippen molar-refractivity contribution in [3.8, 4) is 0 Å². The molecule has 7 nitrogen and oxygen atoms in total. The summed E-state index contributed by atoms with van der Waals surface area (Å²) in [6, 6.07) is 6.61. The number of aromatic nitrogens is 4. The van der Waals surface area contributed by atoms with Crippen molar-refractivity contribution in [3.05, 3.63) is 34.4 Å². The van der Waals surface area contributed by atoms with Crippen LogP contribution >= 0.6 is 34.4 Å². The van der Waals surface area contributed by atoms with E-state index >= 15 is 0 Å². The van der Waals surface area contributed by atoms with Gasteiger partial charge in [0.05, 0.1) is 6.26 Å². The van der Waals surface area contributed by atoms with E-state index in [1.807, 2.05) is 6.07 Å². The number of hydrogen-bond donors (Lipinski definition) is 2. The summed E-state index contributed by atoms with van der Waals surface area (Å²) in [5.74, 6) is 0.405. The van der Waals surface area contributed by atoms with Crippen LogP contribution in [0.2, 0.25) is 0 Å². The van der Waals surface area contributed by atoms with Crippen LogP contribution in [0.5, 0.6) is 0 Å². The number of imidazole rings is 1. The predicted octanol–water partition coefficient (Wildman–Crippen LogP) is 4.30. The molecule has 0 saturated carbocycles. The Kier molecular flexibility index (Phi) is 5.74. The molecule has 0 spiro atoms. The normalized spacial score (nSPS) is 11.9. The van der Waals surface area contributed by atoms with E-state index in [0.717, 1.165) is 49.7 Å². The van der Waals surface area contributed by atoms with E-state index in [1.165, 1.54) is 6.33 Å². The average molecular weight is 508 g/mol. The molecular formula is C19H21IN6OS. The first-order valence-corrected chi connectivity index (χ1v) is 11.0. The molecule has 0 aliphatic carbocycles. The highest BCUT2D eigenvalue weighted by molar-refractivity contribution is 14.1. The highest BCUT2D eigenvalue weighted by atomic mass is 127. The summed E-state index contributed by atoms with van der Waals surface area (Å²) < 4.78 is 8.84. The van der Waals surface area contributed by atoms with Gasteiger partial charge in [-0.15, -0.1) is 0 Å². The second-order valence-electron chi connectivity index (χ2n) is 6.78. The van der Waals surface area contributed by atoms with E-state index in [1.54, 1.807) is 18.0 Å². The maximum atomic E-state index is 6.05. The number of halogens is 1. The molecule has 28 heavy (non-hydrogen) atoms. The molecule has 0 unspecified atom stereocenters. The summed E-state index contributed by atoms with van der Waals surface area (Å²) >= 11 is 3.95. The Morgan fingerprint density at radius 1 is 1.32 bits per heavy atom. The van der Waals surface area contributed by atoms with Gasteiger partial charge < -0.3 is 20.0 Å². The molecule has 4 rings (SSSR count). The highest BCUT2D eigenvalue weighted by Gasteiger charge is 2.17. The highest BCUT2D eigenvalue weighted by Crippen LogP contribution is 2.36. The van der Waals surface area contributed by atoms with Crippen LogP contribution in [0.15, 0.2) is 45.3 Å². The summed E-state index contributed by atoms with van der Waals surface area (Å²) in [6.45, 7) is 6.02. The van der Waals surface area contributed by atoms with Gasteiger partial charge in [-0.05, 0) is 53.8 Å². The van der Waals surface area contributed by atoms with Crippen LogP contribution in [0.25, 0.3) is 22.1 Å². The van der Waals surface area contributed by atoms with Gasteiger partial charge in [0.15, 0.2) is 22.1 Å². The standard InChI is InChI=1S/C19H21IN6OS/c1-11(2)22-5-3-6-26-18-16(17(21)23-10-24-18)25-19(26)28-15-9-14-12(4-7-27-14)8-13(15)20/h4,7-11,22H,3,5-6H2,1-2H3,(H2,21,23,24). The molecule has 0 aliphatic heterocycles. The minimum absolute atomic E-state index is 0.405. The topological polar surface area (TPSA) is 94.8 Å².